The number of nitrogens with one attached hydrogen (secondary N) is 2. The Bertz CT molecular complexity index is 557. The van der Waals surface area contributed by atoms with E-state index >= 15 is 0 Å². The lowest BCUT2D eigenvalue weighted by atomic mass is 10.2. The molecule has 0 spiro atoms. The highest BCUT2D eigenvalue weighted by Gasteiger charge is 2.28. The number of rotatable bonds is 4. The zero-order chi connectivity index (χ0) is 13.9. The SMILES string of the molecule is O=C(CNc1ccc(I)cc1)N[C@H]1CCS(=O)(=O)C1. The summed E-state index contributed by atoms with van der Waals surface area (Å²) in [5.74, 6) is 0.0470. The van der Waals surface area contributed by atoms with Gasteiger partial charge in [0.15, 0.2) is 9.84 Å². The highest BCUT2D eigenvalue weighted by molar-refractivity contribution is 14.1. The average molecular weight is 394 g/mol. The van der Waals surface area contributed by atoms with E-state index in [1.807, 2.05) is 24.3 Å². The van der Waals surface area contributed by atoms with E-state index in [2.05, 4.69) is 33.2 Å². The van der Waals surface area contributed by atoms with E-state index < -0.39 is 9.84 Å². The van der Waals surface area contributed by atoms with E-state index in [1.54, 1.807) is 0 Å². The molecule has 5 nitrogen and oxygen atoms in total. The first-order valence-corrected chi connectivity index (χ1v) is 8.84. The van der Waals surface area contributed by atoms with Crippen LogP contribution in [0.1, 0.15) is 6.42 Å². The van der Waals surface area contributed by atoms with E-state index in [4.69, 9.17) is 0 Å². The van der Waals surface area contributed by atoms with Crippen molar-refractivity contribution in [2.75, 3.05) is 23.4 Å². The van der Waals surface area contributed by atoms with Crippen molar-refractivity contribution in [3.63, 3.8) is 0 Å². The van der Waals surface area contributed by atoms with Crippen LogP contribution >= 0.6 is 22.6 Å². The zero-order valence-corrected chi connectivity index (χ0v) is 13.2. The maximum atomic E-state index is 11.7. The predicted octanol–water partition coefficient (Wildman–Crippen LogP) is 1.01. The van der Waals surface area contributed by atoms with Gasteiger partial charge in [0.2, 0.25) is 5.91 Å². The molecule has 0 aliphatic carbocycles. The summed E-state index contributed by atoms with van der Waals surface area (Å²) in [6, 6.07) is 7.45. The number of carbonyl (C=O) groups is 1. The summed E-state index contributed by atoms with van der Waals surface area (Å²) in [7, 11) is -2.95. The van der Waals surface area contributed by atoms with Gasteiger partial charge in [0.05, 0.1) is 18.1 Å². The minimum Gasteiger partial charge on any atom is -0.376 e. The monoisotopic (exact) mass is 394 g/mol. The predicted molar refractivity (Wildman–Crippen MR) is 82.9 cm³/mol. The number of anilines is 1. The van der Waals surface area contributed by atoms with E-state index in [0.29, 0.717) is 6.42 Å². The lowest BCUT2D eigenvalue weighted by Crippen LogP contribution is -2.39. The summed E-state index contributed by atoms with van der Waals surface area (Å²) in [4.78, 5) is 11.7. The molecule has 0 aromatic heterocycles. The van der Waals surface area contributed by atoms with E-state index in [-0.39, 0.29) is 30.0 Å². The Morgan fingerprint density at radius 3 is 2.58 bits per heavy atom. The largest absolute Gasteiger partial charge is 0.376 e. The molecule has 1 amide bonds. The Balaban J connectivity index is 1.77. The summed E-state index contributed by atoms with van der Waals surface area (Å²) in [5, 5.41) is 5.74. The van der Waals surface area contributed by atoms with Crippen molar-refractivity contribution in [2.24, 2.45) is 0 Å². The smallest absolute Gasteiger partial charge is 0.239 e. The standard InChI is InChI=1S/C12H15IN2O3S/c13-9-1-3-10(4-2-9)14-7-12(16)15-11-5-6-19(17,18)8-11/h1-4,11,14H,5-8H2,(H,15,16)/t11-/m0/s1. The number of hydrogen-bond acceptors (Lipinski definition) is 4. The molecule has 19 heavy (non-hydrogen) atoms. The van der Waals surface area contributed by atoms with Gasteiger partial charge in [-0.2, -0.15) is 0 Å². The third kappa shape index (κ3) is 4.64. The second-order valence-corrected chi connectivity index (χ2v) is 8.00. The normalized spacial score (nSPS) is 21.0. The molecule has 1 heterocycles. The number of hydrogen-bond donors (Lipinski definition) is 2. The van der Waals surface area contributed by atoms with Crippen LogP contribution in [-0.2, 0) is 14.6 Å². The molecule has 1 aliphatic rings. The second kappa shape index (κ2) is 6.08. The van der Waals surface area contributed by atoms with Crippen molar-refractivity contribution in [3.8, 4) is 0 Å². The van der Waals surface area contributed by atoms with Gasteiger partial charge in [0, 0.05) is 15.3 Å². The molecule has 0 bridgehead atoms. The number of halogens is 1. The van der Waals surface area contributed by atoms with Crippen LogP contribution in [0.5, 0.6) is 0 Å². The molecular formula is C12H15IN2O3S. The molecule has 0 radical (unpaired) electrons. The van der Waals surface area contributed by atoms with Crippen LogP contribution in [0.4, 0.5) is 5.69 Å². The van der Waals surface area contributed by atoms with Crippen LogP contribution in [0.3, 0.4) is 0 Å². The van der Waals surface area contributed by atoms with Crippen LogP contribution in [-0.4, -0.2) is 38.4 Å². The van der Waals surface area contributed by atoms with E-state index in [0.717, 1.165) is 9.26 Å². The molecule has 2 N–H and O–H groups in total. The van der Waals surface area contributed by atoms with Crippen molar-refractivity contribution in [1.29, 1.82) is 0 Å². The van der Waals surface area contributed by atoms with Crippen LogP contribution in [0.15, 0.2) is 24.3 Å². The van der Waals surface area contributed by atoms with Crippen molar-refractivity contribution < 1.29 is 13.2 Å². The average Bonchev–Trinajstić information content (AvgIpc) is 2.68. The molecule has 1 aromatic rings. The third-order valence-corrected chi connectivity index (χ3v) is 5.38. The lowest BCUT2D eigenvalue weighted by molar-refractivity contribution is -0.119. The maximum absolute atomic E-state index is 11.7. The fraction of sp³-hybridized carbons (Fsp3) is 0.417. The fourth-order valence-electron chi connectivity index (χ4n) is 1.94. The maximum Gasteiger partial charge on any atom is 0.239 e. The lowest BCUT2D eigenvalue weighted by Gasteiger charge is -2.12. The minimum absolute atomic E-state index is 0.0578. The summed E-state index contributed by atoms with van der Waals surface area (Å²) in [6.07, 6.45) is 0.512. The molecule has 2 rings (SSSR count). The summed E-state index contributed by atoms with van der Waals surface area (Å²) >= 11 is 2.21. The van der Waals surface area contributed by atoms with Gasteiger partial charge < -0.3 is 10.6 Å². The Morgan fingerprint density at radius 2 is 2.00 bits per heavy atom. The number of benzene rings is 1. The van der Waals surface area contributed by atoms with Crippen molar-refractivity contribution in [3.05, 3.63) is 27.8 Å². The van der Waals surface area contributed by atoms with E-state index in [9.17, 15) is 13.2 Å². The van der Waals surface area contributed by atoms with Crippen LogP contribution in [0.25, 0.3) is 0 Å². The van der Waals surface area contributed by atoms with Gasteiger partial charge in [0.1, 0.15) is 0 Å². The van der Waals surface area contributed by atoms with Crippen LogP contribution < -0.4 is 10.6 Å². The molecule has 1 atom stereocenters. The molecule has 1 saturated heterocycles. The third-order valence-electron chi connectivity index (χ3n) is 2.89. The molecule has 104 valence electrons. The first-order chi connectivity index (χ1) is 8.94. The van der Waals surface area contributed by atoms with Crippen molar-refractivity contribution in [2.45, 2.75) is 12.5 Å². The van der Waals surface area contributed by atoms with Gasteiger partial charge in [-0.25, -0.2) is 8.42 Å². The summed E-state index contributed by atoms with van der Waals surface area (Å²) in [5.41, 5.74) is 0.870. The fourth-order valence-corrected chi connectivity index (χ4v) is 3.97. The quantitative estimate of drug-likeness (QED) is 0.748. The first kappa shape index (κ1) is 14.6. The molecular weight excluding hydrogens is 379 g/mol. The van der Waals surface area contributed by atoms with Crippen LogP contribution in [0, 0.1) is 3.57 Å². The summed E-state index contributed by atoms with van der Waals surface area (Å²) < 4.78 is 23.7. The number of sulfone groups is 1. The zero-order valence-electron chi connectivity index (χ0n) is 10.2. The van der Waals surface area contributed by atoms with Gasteiger partial charge in [0.25, 0.3) is 0 Å². The van der Waals surface area contributed by atoms with Gasteiger partial charge in [-0.1, -0.05) is 0 Å². The van der Waals surface area contributed by atoms with Gasteiger partial charge in [-0.05, 0) is 53.3 Å². The Hall–Kier alpha value is -0.830. The van der Waals surface area contributed by atoms with Gasteiger partial charge in [-0.3, -0.25) is 4.79 Å². The minimum atomic E-state index is -2.95. The van der Waals surface area contributed by atoms with Gasteiger partial charge >= 0.3 is 0 Å². The Labute approximate surface area is 126 Å². The Kier molecular flexibility index (Phi) is 4.67. The van der Waals surface area contributed by atoms with E-state index in [1.165, 1.54) is 0 Å². The molecule has 1 fully saturated rings. The first-order valence-electron chi connectivity index (χ1n) is 5.94. The molecule has 7 heteroatoms. The second-order valence-electron chi connectivity index (χ2n) is 4.53. The topological polar surface area (TPSA) is 75.3 Å². The van der Waals surface area contributed by atoms with Crippen molar-refractivity contribution in [1.82, 2.24) is 5.32 Å². The highest BCUT2D eigenvalue weighted by Crippen LogP contribution is 2.12. The van der Waals surface area contributed by atoms with Crippen molar-refractivity contribution >= 4 is 44.0 Å². The number of carbonyl (C=O) groups excluding carboxylic acids is 1. The Morgan fingerprint density at radius 1 is 1.32 bits per heavy atom. The number of amides is 1. The van der Waals surface area contributed by atoms with Gasteiger partial charge in [-0.15, -0.1) is 0 Å². The molecule has 0 saturated carbocycles. The molecule has 1 aliphatic heterocycles. The van der Waals surface area contributed by atoms with Crippen LogP contribution in [0.2, 0.25) is 0 Å². The summed E-state index contributed by atoms with van der Waals surface area (Å²) in [6.45, 7) is 0.150. The molecule has 1 aromatic carbocycles. The highest BCUT2D eigenvalue weighted by atomic mass is 127. The molecule has 0 unspecified atom stereocenters.